The van der Waals surface area contributed by atoms with Gasteiger partial charge in [0.25, 0.3) is 5.91 Å². The molecule has 0 aliphatic carbocycles. The van der Waals surface area contributed by atoms with E-state index in [1.807, 2.05) is 0 Å². The Morgan fingerprint density at radius 1 is 1.04 bits per heavy atom. The van der Waals surface area contributed by atoms with E-state index in [1.54, 1.807) is 12.3 Å². The molecule has 0 fully saturated rings. The van der Waals surface area contributed by atoms with Crippen LogP contribution >= 0.6 is 0 Å². The van der Waals surface area contributed by atoms with Crippen molar-refractivity contribution in [1.29, 1.82) is 0 Å². The molecule has 0 spiro atoms. The Kier molecular flexibility index (Phi) is 4.68. The molecular weight excluding hydrogens is 361 g/mol. The van der Waals surface area contributed by atoms with Crippen LogP contribution in [0.3, 0.4) is 0 Å². The average Bonchev–Trinajstić information content (AvgIpc) is 3.15. The lowest BCUT2D eigenvalue weighted by Crippen LogP contribution is -2.16. The van der Waals surface area contributed by atoms with E-state index in [2.05, 4.69) is 10.4 Å². The minimum Gasteiger partial charge on any atom is -0.366 e. The molecule has 1 aromatic heterocycles. The summed E-state index contributed by atoms with van der Waals surface area (Å²) in [6.07, 6.45) is -1.56. The zero-order chi connectivity index (χ0) is 19.6. The molecule has 6 nitrogen and oxygen atoms in total. The minimum atomic E-state index is -4.56. The van der Waals surface area contributed by atoms with Gasteiger partial charge < -0.3 is 11.1 Å². The third kappa shape index (κ3) is 3.97. The fraction of sp³-hybridized carbons (Fsp3) is 0.0556. The molecule has 3 aromatic rings. The summed E-state index contributed by atoms with van der Waals surface area (Å²) < 4.78 is 40.5. The molecule has 0 saturated heterocycles. The van der Waals surface area contributed by atoms with E-state index in [-0.39, 0.29) is 22.5 Å². The molecule has 2 amide bonds. The first kappa shape index (κ1) is 18.2. The van der Waals surface area contributed by atoms with Crippen molar-refractivity contribution in [2.45, 2.75) is 6.18 Å². The maximum atomic E-state index is 13.0. The Labute approximate surface area is 151 Å². The lowest BCUT2D eigenvalue weighted by Gasteiger charge is -2.15. The molecule has 0 unspecified atom stereocenters. The Hall–Kier alpha value is -3.62. The van der Waals surface area contributed by atoms with E-state index in [0.29, 0.717) is 0 Å². The van der Waals surface area contributed by atoms with Crippen LogP contribution in [0.15, 0.2) is 60.9 Å². The Balaban J connectivity index is 1.96. The van der Waals surface area contributed by atoms with Gasteiger partial charge >= 0.3 is 6.18 Å². The highest BCUT2D eigenvalue weighted by molar-refractivity contribution is 6.06. The van der Waals surface area contributed by atoms with Crippen molar-refractivity contribution in [2.24, 2.45) is 5.73 Å². The first-order valence-electron chi connectivity index (χ1n) is 7.68. The Morgan fingerprint density at radius 2 is 1.70 bits per heavy atom. The number of primary amides is 1. The van der Waals surface area contributed by atoms with Crippen molar-refractivity contribution in [3.63, 3.8) is 0 Å². The van der Waals surface area contributed by atoms with Crippen molar-refractivity contribution in [2.75, 3.05) is 5.32 Å². The molecule has 2 aromatic carbocycles. The minimum absolute atomic E-state index is 0.0579. The van der Waals surface area contributed by atoms with E-state index >= 15 is 0 Å². The number of amides is 2. The maximum Gasteiger partial charge on any atom is 0.416 e. The average molecular weight is 374 g/mol. The van der Waals surface area contributed by atoms with Gasteiger partial charge in [-0.1, -0.05) is 0 Å². The number of hydrogen-bond acceptors (Lipinski definition) is 3. The lowest BCUT2D eigenvalue weighted by molar-refractivity contribution is -0.137. The van der Waals surface area contributed by atoms with Gasteiger partial charge in [0, 0.05) is 23.5 Å². The summed E-state index contributed by atoms with van der Waals surface area (Å²) in [5.41, 5.74) is 4.82. The van der Waals surface area contributed by atoms with Crippen molar-refractivity contribution >= 4 is 17.5 Å². The summed E-state index contributed by atoms with van der Waals surface area (Å²) in [5.74, 6) is -1.29. The summed E-state index contributed by atoms with van der Waals surface area (Å²) in [5, 5.41) is 6.44. The van der Waals surface area contributed by atoms with Crippen LogP contribution in [0.4, 0.5) is 18.9 Å². The van der Waals surface area contributed by atoms with Gasteiger partial charge in [-0.25, -0.2) is 4.68 Å². The largest absolute Gasteiger partial charge is 0.416 e. The molecule has 0 bridgehead atoms. The van der Waals surface area contributed by atoms with Crippen LogP contribution in [0.25, 0.3) is 5.69 Å². The number of halogens is 3. The first-order chi connectivity index (χ1) is 12.8. The predicted octanol–water partition coefficient (Wildman–Crippen LogP) is 3.24. The number of carbonyl (C=O) groups is 2. The molecule has 0 radical (unpaired) electrons. The number of carbonyl (C=O) groups excluding carboxylic acids is 2. The molecule has 138 valence electrons. The van der Waals surface area contributed by atoms with Crippen LogP contribution < -0.4 is 11.1 Å². The predicted molar refractivity (Wildman–Crippen MR) is 91.5 cm³/mol. The summed E-state index contributed by atoms with van der Waals surface area (Å²) in [7, 11) is 0. The molecular formula is C18H13F3N4O2. The van der Waals surface area contributed by atoms with Crippen LogP contribution in [-0.2, 0) is 6.18 Å². The van der Waals surface area contributed by atoms with Crippen LogP contribution in [-0.4, -0.2) is 21.6 Å². The topological polar surface area (TPSA) is 90.0 Å². The van der Waals surface area contributed by atoms with Crippen molar-refractivity contribution in [3.05, 3.63) is 77.6 Å². The van der Waals surface area contributed by atoms with E-state index < -0.39 is 23.6 Å². The van der Waals surface area contributed by atoms with Crippen LogP contribution in [0.1, 0.15) is 26.3 Å². The molecule has 9 heteroatoms. The summed E-state index contributed by atoms with van der Waals surface area (Å²) >= 11 is 0. The molecule has 1 heterocycles. The highest BCUT2D eigenvalue weighted by Crippen LogP contribution is 2.33. The summed E-state index contributed by atoms with van der Waals surface area (Å²) in [4.78, 5) is 23.5. The van der Waals surface area contributed by atoms with Gasteiger partial charge in [0.05, 0.1) is 16.9 Å². The number of aromatic nitrogens is 2. The van der Waals surface area contributed by atoms with E-state index in [0.717, 1.165) is 12.1 Å². The molecule has 3 N–H and O–H groups in total. The summed E-state index contributed by atoms with van der Waals surface area (Å²) in [6.45, 7) is 0. The Morgan fingerprint density at radius 3 is 2.26 bits per heavy atom. The van der Waals surface area contributed by atoms with Gasteiger partial charge in [-0.2, -0.15) is 18.3 Å². The van der Waals surface area contributed by atoms with Gasteiger partial charge in [-0.3, -0.25) is 9.59 Å². The second-order valence-corrected chi connectivity index (χ2v) is 5.58. The quantitative estimate of drug-likeness (QED) is 0.735. The molecule has 0 atom stereocenters. The smallest absolute Gasteiger partial charge is 0.366 e. The number of hydrogen-bond donors (Lipinski definition) is 2. The maximum absolute atomic E-state index is 13.0. The zero-order valence-electron chi connectivity index (χ0n) is 13.7. The normalized spacial score (nSPS) is 11.2. The molecule has 27 heavy (non-hydrogen) atoms. The second kappa shape index (κ2) is 6.94. The summed E-state index contributed by atoms with van der Waals surface area (Å²) in [6, 6.07) is 10.0. The highest BCUT2D eigenvalue weighted by Gasteiger charge is 2.31. The molecule has 0 aliphatic heterocycles. The van der Waals surface area contributed by atoms with Gasteiger partial charge in [0.2, 0.25) is 5.91 Å². The standard InChI is InChI=1S/C18H13F3N4O2/c19-18(20,21)13-6-7-15(25-9-1-8-23-25)14(10-13)24-17(27)12-4-2-11(3-5-12)16(22)26/h1-10H,(H2,22,26)(H,24,27). The van der Waals surface area contributed by atoms with Crippen LogP contribution in [0.5, 0.6) is 0 Å². The van der Waals surface area contributed by atoms with Crippen LogP contribution in [0, 0.1) is 0 Å². The third-order valence-electron chi connectivity index (χ3n) is 3.75. The van der Waals surface area contributed by atoms with Crippen molar-refractivity contribution in [3.8, 4) is 5.69 Å². The number of nitrogens with one attached hydrogen (secondary N) is 1. The number of benzene rings is 2. The number of alkyl halides is 3. The van der Waals surface area contributed by atoms with E-state index in [1.165, 1.54) is 41.2 Å². The van der Waals surface area contributed by atoms with Gasteiger partial charge in [-0.15, -0.1) is 0 Å². The monoisotopic (exact) mass is 374 g/mol. The van der Waals surface area contributed by atoms with Crippen molar-refractivity contribution in [1.82, 2.24) is 9.78 Å². The molecule has 3 rings (SSSR count). The SMILES string of the molecule is NC(=O)c1ccc(C(=O)Nc2cc(C(F)(F)F)ccc2-n2cccn2)cc1. The van der Waals surface area contributed by atoms with Crippen LogP contribution in [0.2, 0.25) is 0 Å². The fourth-order valence-corrected chi connectivity index (χ4v) is 2.40. The fourth-order valence-electron chi connectivity index (χ4n) is 2.40. The van der Waals surface area contributed by atoms with E-state index in [4.69, 9.17) is 5.73 Å². The first-order valence-corrected chi connectivity index (χ1v) is 7.68. The molecule has 0 saturated carbocycles. The molecule has 0 aliphatic rings. The Bertz CT molecular complexity index is 981. The van der Waals surface area contributed by atoms with Crippen molar-refractivity contribution < 1.29 is 22.8 Å². The second-order valence-electron chi connectivity index (χ2n) is 5.58. The number of nitrogens with zero attached hydrogens (tertiary/aromatic N) is 2. The van der Waals surface area contributed by atoms with Gasteiger partial charge in [0.1, 0.15) is 0 Å². The van der Waals surface area contributed by atoms with Gasteiger partial charge in [-0.05, 0) is 48.5 Å². The van der Waals surface area contributed by atoms with Gasteiger partial charge in [0.15, 0.2) is 0 Å². The zero-order valence-corrected chi connectivity index (χ0v) is 13.7. The van der Waals surface area contributed by atoms with E-state index in [9.17, 15) is 22.8 Å². The highest BCUT2D eigenvalue weighted by atomic mass is 19.4. The lowest BCUT2D eigenvalue weighted by atomic mass is 10.1. The third-order valence-corrected chi connectivity index (χ3v) is 3.75. The number of rotatable bonds is 4. The number of nitrogens with two attached hydrogens (primary N) is 1. The number of anilines is 1.